The Balaban J connectivity index is 1.80. The fourth-order valence-corrected chi connectivity index (χ4v) is 4.83. The SMILES string of the molecule is O=c1cc(-c2ccc(O)cc2)oc2c([C@@H]3OC[C@@H](O)[C@@H](O)[C@@H]3O)c(O)c([C@@H]3OC[C@@H](O)[C@H](O)[C@H]3O)c(O)c12. The van der Waals surface area contributed by atoms with Gasteiger partial charge in [0.15, 0.2) is 11.0 Å². The number of phenols is 3. The van der Waals surface area contributed by atoms with Crippen LogP contribution in [0.5, 0.6) is 17.2 Å². The van der Waals surface area contributed by atoms with Crippen molar-refractivity contribution < 1.29 is 59.8 Å². The van der Waals surface area contributed by atoms with Crippen LogP contribution in [0.2, 0.25) is 0 Å². The molecule has 0 unspecified atom stereocenters. The molecule has 38 heavy (non-hydrogen) atoms. The van der Waals surface area contributed by atoms with Gasteiger partial charge in [-0.25, -0.2) is 0 Å². The number of hydrogen-bond donors (Lipinski definition) is 9. The molecular weight excluding hydrogens is 508 g/mol. The monoisotopic (exact) mass is 534 g/mol. The van der Waals surface area contributed by atoms with Crippen molar-refractivity contribution in [2.24, 2.45) is 0 Å². The quantitative estimate of drug-likeness (QED) is 0.194. The van der Waals surface area contributed by atoms with Crippen molar-refractivity contribution in [3.8, 4) is 28.6 Å². The maximum absolute atomic E-state index is 13.3. The van der Waals surface area contributed by atoms with E-state index in [0.29, 0.717) is 5.56 Å². The van der Waals surface area contributed by atoms with E-state index < -0.39 is 101 Å². The summed E-state index contributed by atoms with van der Waals surface area (Å²) in [6.45, 7) is -0.966. The third kappa shape index (κ3) is 4.19. The number of benzene rings is 2. The molecule has 8 atom stereocenters. The van der Waals surface area contributed by atoms with E-state index in [1.54, 1.807) is 0 Å². The van der Waals surface area contributed by atoms with Crippen LogP contribution in [0.15, 0.2) is 39.5 Å². The van der Waals surface area contributed by atoms with Gasteiger partial charge in [0, 0.05) is 11.6 Å². The Hall–Kier alpha value is -3.27. The molecule has 0 radical (unpaired) electrons. The lowest BCUT2D eigenvalue weighted by Gasteiger charge is -2.38. The summed E-state index contributed by atoms with van der Waals surface area (Å²) in [5.74, 6) is -1.80. The van der Waals surface area contributed by atoms with Crippen LogP contribution in [0.25, 0.3) is 22.3 Å². The fourth-order valence-electron chi connectivity index (χ4n) is 4.83. The van der Waals surface area contributed by atoms with Gasteiger partial charge in [-0.05, 0) is 24.3 Å². The number of phenolic OH excluding ortho intramolecular Hbond substituents is 3. The molecule has 2 aliphatic rings. The average Bonchev–Trinajstić information content (AvgIpc) is 2.88. The summed E-state index contributed by atoms with van der Waals surface area (Å²) in [6.07, 6.45) is -13.3. The van der Waals surface area contributed by atoms with E-state index in [9.17, 15) is 50.8 Å². The zero-order chi connectivity index (χ0) is 27.5. The zero-order valence-corrected chi connectivity index (χ0v) is 19.6. The third-order valence-electron chi connectivity index (χ3n) is 6.92. The maximum Gasteiger partial charge on any atom is 0.197 e. The van der Waals surface area contributed by atoms with E-state index in [1.807, 2.05) is 0 Å². The zero-order valence-electron chi connectivity index (χ0n) is 19.6. The molecule has 3 heterocycles. The predicted molar refractivity (Wildman–Crippen MR) is 126 cm³/mol. The highest BCUT2D eigenvalue weighted by Crippen LogP contribution is 2.50. The van der Waals surface area contributed by atoms with Gasteiger partial charge in [-0.3, -0.25) is 4.79 Å². The first-order valence-electron chi connectivity index (χ1n) is 11.7. The number of aliphatic hydroxyl groups excluding tert-OH is 6. The van der Waals surface area contributed by atoms with Gasteiger partial charge in [-0.15, -0.1) is 0 Å². The van der Waals surface area contributed by atoms with E-state index in [0.717, 1.165) is 6.07 Å². The van der Waals surface area contributed by atoms with Crippen molar-refractivity contribution in [3.63, 3.8) is 0 Å². The first-order chi connectivity index (χ1) is 18.0. The number of ether oxygens (including phenoxy) is 2. The standard InChI is InChI=1S/C25H26O13/c26-9-3-1-8(2-4-9)13-5-10(27)14-19(32)15(24-21(34)17(30)11(28)6-36-24)20(33)16(23(14)38-13)25-22(35)18(31)12(29)7-37-25/h1-5,11-12,17-18,21-22,24-26,28-35H,6-7H2/t11-,12-,17+,18-,21-,22+,24+,25+/m1/s1. The molecule has 204 valence electrons. The molecule has 0 spiro atoms. The molecule has 5 rings (SSSR count). The molecule has 0 bridgehead atoms. The van der Waals surface area contributed by atoms with Crippen molar-refractivity contribution in [1.29, 1.82) is 0 Å². The van der Waals surface area contributed by atoms with Crippen molar-refractivity contribution in [2.45, 2.75) is 48.8 Å². The van der Waals surface area contributed by atoms with E-state index in [-0.39, 0.29) is 11.5 Å². The molecule has 0 amide bonds. The van der Waals surface area contributed by atoms with Crippen LogP contribution >= 0.6 is 0 Å². The third-order valence-corrected chi connectivity index (χ3v) is 6.92. The molecule has 2 fully saturated rings. The van der Waals surface area contributed by atoms with E-state index in [4.69, 9.17) is 13.9 Å². The molecule has 1 aromatic heterocycles. The highest BCUT2D eigenvalue weighted by Gasteiger charge is 2.46. The number of rotatable bonds is 3. The first-order valence-corrected chi connectivity index (χ1v) is 11.7. The number of aliphatic hydroxyl groups is 6. The minimum atomic E-state index is -1.85. The Bertz CT molecular complexity index is 1400. The van der Waals surface area contributed by atoms with E-state index in [1.165, 1.54) is 24.3 Å². The summed E-state index contributed by atoms with van der Waals surface area (Å²) >= 11 is 0. The van der Waals surface area contributed by atoms with Crippen molar-refractivity contribution in [1.82, 2.24) is 0 Å². The van der Waals surface area contributed by atoms with Crippen LogP contribution in [0.1, 0.15) is 23.3 Å². The Morgan fingerprint density at radius 2 is 1.21 bits per heavy atom. The fraction of sp³-hybridized carbons (Fsp3) is 0.400. The minimum Gasteiger partial charge on any atom is -0.508 e. The number of fused-ring (bicyclic) bond motifs is 1. The van der Waals surface area contributed by atoms with Gasteiger partial charge in [0.1, 0.15) is 77.2 Å². The van der Waals surface area contributed by atoms with Crippen LogP contribution < -0.4 is 5.43 Å². The molecule has 13 heteroatoms. The maximum atomic E-state index is 13.3. The first kappa shape index (κ1) is 26.3. The average molecular weight is 534 g/mol. The number of aromatic hydroxyl groups is 3. The summed E-state index contributed by atoms with van der Waals surface area (Å²) in [5, 5.41) is 93.1. The van der Waals surface area contributed by atoms with Gasteiger partial charge < -0.3 is 59.8 Å². The number of hydrogen-bond acceptors (Lipinski definition) is 13. The Morgan fingerprint density at radius 3 is 1.76 bits per heavy atom. The molecule has 2 aliphatic heterocycles. The van der Waals surface area contributed by atoms with Crippen LogP contribution in [-0.4, -0.2) is 95.8 Å². The van der Waals surface area contributed by atoms with Crippen LogP contribution in [0, 0.1) is 0 Å². The summed E-state index contributed by atoms with van der Waals surface area (Å²) in [7, 11) is 0. The summed E-state index contributed by atoms with van der Waals surface area (Å²) in [5.41, 5.74) is -1.86. The van der Waals surface area contributed by atoms with Crippen molar-refractivity contribution in [3.05, 3.63) is 51.7 Å². The van der Waals surface area contributed by atoms with E-state index in [2.05, 4.69) is 0 Å². The normalized spacial score (nSPS) is 31.9. The second-order valence-corrected chi connectivity index (χ2v) is 9.36. The van der Waals surface area contributed by atoms with Gasteiger partial charge in [0.2, 0.25) is 0 Å². The largest absolute Gasteiger partial charge is 0.508 e. The molecule has 2 saturated heterocycles. The Labute approximate surface area is 213 Å². The van der Waals surface area contributed by atoms with E-state index >= 15 is 0 Å². The van der Waals surface area contributed by atoms with Crippen LogP contribution in [0.4, 0.5) is 0 Å². The van der Waals surface area contributed by atoms with Crippen molar-refractivity contribution in [2.75, 3.05) is 13.2 Å². The second kappa shape index (κ2) is 9.80. The molecule has 0 aliphatic carbocycles. The smallest absolute Gasteiger partial charge is 0.197 e. The molecule has 0 saturated carbocycles. The van der Waals surface area contributed by atoms with Gasteiger partial charge in [-0.1, -0.05) is 0 Å². The van der Waals surface area contributed by atoms with Crippen LogP contribution in [0.3, 0.4) is 0 Å². The summed E-state index contributed by atoms with van der Waals surface area (Å²) in [4.78, 5) is 13.3. The van der Waals surface area contributed by atoms with Crippen molar-refractivity contribution >= 4 is 11.0 Å². The predicted octanol–water partition coefficient (Wildman–Crippen LogP) is -1.12. The lowest BCUT2D eigenvalue weighted by atomic mass is 9.87. The van der Waals surface area contributed by atoms with Gasteiger partial charge in [0.25, 0.3) is 0 Å². The topological polar surface area (TPSA) is 231 Å². The second-order valence-electron chi connectivity index (χ2n) is 9.36. The van der Waals surface area contributed by atoms with Crippen LogP contribution in [-0.2, 0) is 9.47 Å². The summed E-state index contributed by atoms with van der Waals surface area (Å²) < 4.78 is 16.8. The van der Waals surface area contributed by atoms with Gasteiger partial charge in [0.05, 0.1) is 24.3 Å². The Morgan fingerprint density at radius 1 is 0.684 bits per heavy atom. The molecular formula is C25H26O13. The van der Waals surface area contributed by atoms with Gasteiger partial charge in [-0.2, -0.15) is 0 Å². The Kier molecular flexibility index (Phi) is 6.79. The lowest BCUT2D eigenvalue weighted by Crippen LogP contribution is -2.49. The minimum absolute atomic E-state index is 0.0475. The molecule has 3 aromatic rings. The highest BCUT2D eigenvalue weighted by atomic mass is 16.5. The highest BCUT2D eigenvalue weighted by molar-refractivity contribution is 5.91. The van der Waals surface area contributed by atoms with Gasteiger partial charge >= 0.3 is 0 Å². The summed E-state index contributed by atoms with van der Waals surface area (Å²) in [6, 6.07) is 6.60. The molecule has 2 aromatic carbocycles. The molecule has 9 N–H and O–H groups in total. The lowest BCUT2D eigenvalue weighted by molar-refractivity contribution is -0.191. The molecule has 13 nitrogen and oxygen atoms in total.